The van der Waals surface area contributed by atoms with Crippen LogP contribution in [0.2, 0.25) is 0 Å². The largest absolute Gasteiger partial charge is 0.479 e. The third kappa shape index (κ3) is 3.36. The first-order valence-corrected chi connectivity index (χ1v) is 7.73. The lowest BCUT2D eigenvalue weighted by Gasteiger charge is -2.37. The molecule has 0 saturated carbocycles. The zero-order valence-corrected chi connectivity index (χ0v) is 14.0. The standard InChI is InChI=1S/C17H22FNO5/c1-16(2,3)24-15(23)19-13(11-5-4-6-12(18)9-11)7-8-17(19,10-20)14(21)22/h4-6,9,13,20H,7-8,10H2,1-3H3,(H,21,22)/t13-,17-/m0/s1. The lowest BCUT2D eigenvalue weighted by molar-refractivity contribution is -0.153. The molecule has 1 amide bonds. The second kappa shape index (κ2) is 6.39. The number of carbonyl (C=O) groups is 2. The van der Waals surface area contributed by atoms with Crippen molar-refractivity contribution in [3.63, 3.8) is 0 Å². The summed E-state index contributed by atoms with van der Waals surface area (Å²) in [6.45, 7) is 4.26. The molecule has 7 heteroatoms. The fourth-order valence-corrected chi connectivity index (χ4v) is 3.00. The predicted molar refractivity (Wildman–Crippen MR) is 83.9 cm³/mol. The van der Waals surface area contributed by atoms with Crippen molar-refractivity contribution in [2.45, 2.75) is 50.8 Å². The fourth-order valence-electron chi connectivity index (χ4n) is 3.00. The third-order valence-electron chi connectivity index (χ3n) is 4.09. The Bertz CT molecular complexity index is 642. The normalized spacial score (nSPS) is 24.0. The van der Waals surface area contributed by atoms with Gasteiger partial charge in [-0.05, 0) is 51.3 Å². The maximum Gasteiger partial charge on any atom is 0.411 e. The minimum Gasteiger partial charge on any atom is -0.479 e. The molecule has 1 fully saturated rings. The Hall–Kier alpha value is -2.15. The highest BCUT2D eigenvalue weighted by molar-refractivity contribution is 5.86. The van der Waals surface area contributed by atoms with Gasteiger partial charge in [-0.3, -0.25) is 4.90 Å². The predicted octanol–water partition coefficient (Wildman–Crippen LogP) is 2.71. The Labute approximate surface area is 139 Å². The van der Waals surface area contributed by atoms with Crippen LogP contribution in [0.1, 0.15) is 45.2 Å². The Morgan fingerprint density at radius 2 is 2.08 bits per heavy atom. The molecule has 2 N–H and O–H groups in total. The van der Waals surface area contributed by atoms with Crippen molar-refractivity contribution in [2.24, 2.45) is 0 Å². The SMILES string of the molecule is CC(C)(C)OC(=O)N1[C@H](c2cccc(F)c2)CC[C@]1(CO)C(=O)O. The van der Waals surface area contributed by atoms with E-state index >= 15 is 0 Å². The van der Waals surface area contributed by atoms with E-state index in [1.807, 2.05) is 0 Å². The van der Waals surface area contributed by atoms with Crippen LogP contribution in [-0.4, -0.2) is 44.9 Å². The van der Waals surface area contributed by atoms with Gasteiger partial charge in [0.15, 0.2) is 5.54 Å². The number of aliphatic hydroxyl groups is 1. The molecule has 0 aliphatic carbocycles. The summed E-state index contributed by atoms with van der Waals surface area (Å²) in [6.07, 6.45) is -0.500. The molecule has 0 spiro atoms. The number of likely N-dealkylation sites (tertiary alicyclic amines) is 1. The lowest BCUT2D eigenvalue weighted by Crippen LogP contribution is -2.57. The minimum atomic E-state index is -1.78. The lowest BCUT2D eigenvalue weighted by atomic mass is 9.98. The van der Waals surface area contributed by atoms with Gasteiger partial charge in [-0.15, -0.1) is 0 Å². The van der Waals surface area contributed by atoms with Gasteiger partial charge in [0.2, 0.25) is 0 Å². The number of ether oxygens (including phenoxy) is 1. The number of carboxylic acids is 1. The van der Waals surface area contributed by atoms with E-state index in [2.05, 4.69) is 0 Å². The van der Waals surface area contributed by atoms with Crippen LogP contribution < -0.4 is 0 Å². The summed E-state index contributed by atoms with van der Waals surface area (Å²) in [4.78, 5) is 25.5. The van der Waals surface area contributed by atoms with E-state index in [0.29, 0.717) is 5.56 Å². The Kier molecular flexibility index (Phi) is 4.85. The van der Waals surface area contributed by atoms with Crippen molar-refractivity contribution in [3.8, 4) is 0 Å². The monoisotopic (exact) mass is 339 g/mol. The first-order chi connectivity index (χ1) is 11.1. The zero-order valence-electron chi connectivity index (χ0n) is 14.0. The zero-order chi connectivity index (χ0) is 18.1. The smallest absolute Gasteiger partial charge is 0.411 e. The van der Waals surface area contributed by atoms with Crippen LogP contribution in [-0.2, 0) is 9.53 Å². The molecule has 0 aromatic heterocycles. The molecular formula is C17H22FNO5. The molecule has 1 aliphatic rings. The van der Waals surface area contributed by atoms with Gasteiger partial charge in [0.05, 0.1) is 12.6 Å². The van der Waals surface area contributed by atoms with Crippen molar-refractivity contribution in [2.75, 3.05) is 6.61 Å². The van der Waals surface area contributed by atoms with E-state index in [-0.39, 0.29) is 12.8 Å². The van der Waals surface area contributed by atoms with Gasteiger partial charge in [0.25, 0.3) is 0 Å². The van der Waals surface area contributed by atoms with Crippen LogP contribution in [0.4, 0.5) is 9.18 Å². The summed E-state index contributed by atoms with van der Waals surface area (Å²) in [5, 5.41) is 19.3. The van der Waals surface area contributed by atoms with Gasteiger partial charge in [0, 0.05) is 0 Å². The Balaban J connectivity index is 2.47. The number of carboxylic acid groups (broad SMARTS) is 1. The molecule has 2 atom stereocenters. The van der Waals surface area contributed by atoms with Crippen molar-refractivity contribution < 1.29 is 28.9 Å². The molecule has 1 aromatic carbocycles. The second-order valence-electron chi connectivity index (χ2n) is 6.95. The van der Waals surface area contributed by atoms with Crippen LogP contribution >= 0.6 is 0 Å². The van der Waals surface area contributed by atoms with E-state index in [4.69, 9.17) is 4.74 Å². The van der Waals surface area contributed by atoms with Crippen molar-refractivity contribution in [3.05, 3.63) is 35.6 Å². The number of carbonyl (C=O) groups excluding carboxylic acids is 1. The molecule has 0 radical (unpaired) electrons. The Morgan fingerprint density at radius 1 is 1.42 bits per heavy atom. The molecule has 0 unspecified atom stereocenters. The fraction of sp³-hybridized carbons (Fsp3) is 0.529. The van der Waals surface area contributed by atoms with Crippen LogP contribution in [0.25, 0.3) is 0 Å². The average Bonchev–Trinajstić information content (AvgIpc) is 2.86. The van der Waals surface area contributed by atoms with Gasteiger partial charge >= 0.3 is 12.1 Å². The molecule has 24 heavy (non-hydrogen) atoms. The van der Waals surface area contributed by atoms with Crippen molar-refractivity contribution in [1.29, 1.82) is 0 Å². The first kappa shape index (κ1) is 18.2. The quantitative estimate of drug-likeness (QED) is 0.884. The second-order valence-corrected chi connectivity index (χ2v) is 6.95. The molecule has 1 heterocycles. The number of nitrogens with zero attached hydrogens (tertiary/aromatic N) is 1. The van der Waals surface area contributed by atoms with E-state index in [1.54, 1.807) is 26.8 Å². The highest BCUT2D eigenvalue weighted by Crippen LogP contribution is 2.43. The van der Waals surface area contributed by atoms with Gasteiger partial charge < -0.3 is 14.9 Å². The molecule has 1 aliphatic heterocycles. The van der Waals surface area contributed by atoms with Crippen molar-refractivity contribution >= 4 is 12.1 Å². The third-order valence-corrected chi connectivity index (χ3v) is 4.09. The maximum absolute atomic E-state index is 13.6. The van der Waals surface area contributed by atoms with Gasteiger partial charge in [-0.2, -0.15) is 0 Å². The van der Waals surface area contributed by atoms with E-state index in [1.165, 1.54) is 18.2 Å². The molecular weight excluding hydrogens is 317 g/mol. The number of amides is 1. The molecule has 1 saturated heterocycles. The van der Waals surface area contributed by atoms with Crippen molar-refractivity contribution in [1.82, 2.24) is 4.90 Å². The summed E-state index contributed by atoms with van der Waals surface area (Å²) in [6, 6.07) is 4.97. The van der Waals surface area contributed by atoms with Crippen LogP contribution in [0.15, 0.2) is 24.3 Å². The summed E-state index contributed by atoms with van der Waals surface area (Å²) >= 11 is 0. The molecule has 132 valence electrons. The maximum atomic E-state index is 13.6. The average molecular weight is 339 g/mol. The summed E-state index contributed by atoms with van der Waals surface area (Å²) in [5.74, 6) is -1.79. The number of hydrogen-bond donors (Lipinski definition) is 2. The van der Waals surface area contributed by atoms with Gasteiger partial charge in [-0.25, -0.2) is 14.0 Å². The highest BCUT2D eigenvalue weighted by atomic mass is 19.1. The molecule has 0 bridgehead atoms. The summed E-state index contributed by atoms with van der Waals surface area (Å²) < 4.78 is 18.9. The van der Waals surface area contributed by atoms with E-state index in [9.17, 15) is 24.2 Å². The van der Waals surface area contributed by atoms with Crippen LogP contribution in [0.5, 0.6) is 0 Å². The summed E-state index contributed by atoms with van der Waals surface area (Å²) in [5.41, 5.74) is -2.14. The number of hydrogen-bond acceptors (Lipinski definition) is 4. The minimum absolute atomic E-state index is 0.0548. The number of aliphatic carboxylic acids is 1. The molecule has 6 nitrogen and oxygen atoms in total. The molecule has 1 aromatic rings. The van der Waals surface area contributed by atoms with Crippen LogP contribution in [0.3, 0.4) is 0 Å². The Morgan fingerprint density at radius 3 is 2.58 bits per heavy atom. The first-order valence-electron chi connectivity index (χ1n) is 7.73. The topological polar surface area (TPSA) is 87.1 Å². The number of rotatable bonds is 3. The van der Waals surface area contributed by atoms with E-state index in [0.717, 1.165) is 4.90 Å². The van der Waals surface area contributed by atoms with Gasteiger partial charge in [0.1, 0.15) is 11.4 Å². The molecule has 2 rings (SSSR count). The van der Waals surface area contributed by atoms with Crippen LogP contribution in [0, 0.1) is 5.82 Å². The number of aliphatic hydroxyl groups excluding tert-OH is 1. The van der Waals surface area contributed by atoms with E-state index < -0.39 is 41.7 Å². The summed E-state index contributed by atoms with van der Waals surface area (Å²) in [7, 11) is 0. The highest BCUT2D eigenvalue weighted by Gasteiger charge is 2.55. The number of benzene rings is 1. The van der Waals surface area contributed by atoms with Gasteiger partial charge in [-0.1, -0.05) is 12.1 Å². The number of halogens is 1.